The van der Waals surface area contributed by atoms with Crippen LogP contribution in [0.3, 0.4) is 0 Å². The van der Waals surface area contributed by atoms with E-state index in [1.807, 2.05) is 0 Å². The predicted octanol–water partition coefficient (Wildman–Crippen LogP) is 4.89. The minimum Gasteiger partial charge on any atom is -0.0651 e. The summed E-state index contributed by atoms with van der Waals surface area (Å²) in [7, 11) is 0. The standard InChI is InChI=1S/C13H28/c1-8-11(2)9-13(6,7)10-12(3,4)5/h11H,8-10H2,1-7H3. The summed E-state index contributed by atoms with van der Waals surface area (Å²) in [6, 6.07) is 0. The Hall–Kier alpha value is 0. The van der Waals surface area contributed by atoms with E-state index >= 15 is 0 Å². The molecule has 0 radical (unpaired) electrons. The Bertz CT molecular complexity index is 137. The molecule has 0 aliphatic carbocycles. The van der Waals surface area contributed by atoms with Crippen LogP contribution in [-0.4, -0.2) is 0 Å². The Morgan fingerprint density at radius 2 is 1.46 bits per heavy atom. The second-order valence-corrected chi connectivity index (χ2v) is 6.62. The van der Waals surface area contributed by atoms with E-state index < -0.39 is 0 Å². The van der Waals surface area contributed by atoms with E-state index in [9.17, 15) is 0 Å². The Morgan fingerprint density at radius 3 is 1.77 bits per heavy atom. The summed E-state index contributed by atoms with van der Waals surface area (Å²) in [5, 5.41) is 0. The molecule has 0 saturated carbocycles. The fourth-order valence-electron chi connectivity index (χ4n) is 2.60. The van der Waals surface area contributed by atoms with Crippen molar-refractivity contribution in [3.05, 3.63) is 0 Å². The van der Waals surface area contributed by atoms with Gasteiger partial charge in [0.05, 0.1) is 0 Å². The minimum atomic E-state index is 0.469. The second kappa shape index (κ2) is 4.48. The summed E-state index contributed by atoms with van der Waals surface area (Å²) in [6.45, 7) is 16.5. The maximum atomic E-state index is 2.41. The largest absolute Gasteiger partial charge is 0.0651 e. The molecule has 0 saturated heterocycles. The van der Waals surface area contributed by atoms with Gasteiger partial charge in [-0.3, -0.25) is 0 Å². The highest BCUT2D eigenvalue weighted by Gasteiger charge is 2.26. The van der Waals surface area contributed by atoms with Gasteiger partial charge in [0, 0.05) is 0 Å². The van der Waals surface area contributed by atoms with Crippen molar-refractivity contribution in [2.24, 2.45) is 16.7 Å². The van der Waals surface area contributed by atoms with Crippen LogP contribution in [-0.2, 0) is 0 Å². The molecule has 0 N–H and O–H groups in total. The Labute approximate surface area is 85.1 Å². The lowest BCUT2D eigenvalue weighted by molar-refractivity contribution is 0.173. The van der Waals surface area contributed by atoms with Gasteiger partial charge in [0.15, 0.2) is 0 Å². The summed E-state index contributed by atoms with van der Waals surface area (Å²) in [5.41, 5.74) is 0.977. The molecular formula is C13H28. The van der Waals surface area contributed by atoms with Crippen LogP contribution in [0, 0.1) is 16.7 Å². The molecule has 80 valence electrons. The lowest BCUT2D eigenvalue weighted by Crippen LogP contribution is -2.22. The van der Waals surface area contributed by atoms with Crippen LogP contribution in [0.2, 0.25) is 0 Å². The second-order valence-electron chi connectivity index (χ2n) is 6.62. The molecule has 0 heterocycles. The molecule has 0 heteroatoms. The zero-order valence-electron chi connectivity index (χ0n) is 10.7. The molecule has 0 bridgehead atoms. The van der Waals surface area contributed by atoms with Gasteiger partial charge in [-0.1, -0.05) is 54.9 Å². The van der Waals surface area contributed by atoms with Crippen LogP contribution >= 0.6 is 0 Å². The van der Waals surface area contributed by atoms with E-state index in [1.165, 1.54) is 19.3 Å². The van der Waals surface area contributed by atoms with Crippen molar-refractivity contribution in [3.8, 4) is 0 Å². The van der Waals surface area contributed by atoms with Crippen LogP contribution < -0.4 is 0 Å². The van der Waals surface area contributed by atoms with E-state index in [0.717, 1.165) is 5.92 Å². The van der Waals surface area contributed by atoms with Gasteiger partial charge >= 0.3 is 0 Å². The van der Waals surface area contributed by atoms with Gasteiger partial charge in [0.2, 0.25) is 0 Å². The van der Waals surface area contributed by atoms with Crippen LogP contribution in [0.4, 0.5) is 0 Å². The molecule has 13 heavy (non-hydrogen) atoms. The summed E-state index contributed by atoms with van der Waals surface area (Å²) >= 11 is 0. The monoisotopic (exact) mass is 184 g/mol. The van der Waals surface area contributed by atoms with E-state index in [4.69, 9.17) is 0 Å². The van der Waals surface area contributed by atoms with Crippen LogP contribution in [0.15, 0.2) is 0 Å². The molecule has 0 fully saturated rings. The summed E-state index contributed by atoms with van der Waals surface area (Å²) in [5.74, 6) is 0.873. The predicted molar refractivity (Wildman–Crippen MR) is 61.9 cm³/mol. The zero-order valence-corrected chi connectivity index (χ0v) is 10.7. The quantitative estimate of drug-likeness (QED) is 0.584. The van der Waals surface area contributed by atoms with Gasteiger partial charge in [-0.05, 0) is 29.6 Å². The third kappa shape index (κ3) is 7.10. The molecule has 0 rings (SSSR count). The summed E-state index contributed by atoms with van der Waals surface area (Å²) in [6.07, 6.45) is 4.00. The molecule has 0 aromatic rings. The molecule has 0 amide bonds. The van der Waals surface area contributed by atoms with Crippen molar-refractivity contribution in [2.45, 2.75) is 67.7 Å². The van der Waals surface area contributed by atoms with E-state index in [-0.39, 0.29) is 0 Å². The maximum Gasteiger partial charge on any atom is -0.0347 e. The van der Waals surface area contributed by atoms with E-state index in [2.05, 4.69) is 48.5 Å². The van der Waals surface area contributed by atoms with Crippen molar-refractivity contribution >= 4 is 0 Å². The fourth-order valence-corrected chi connectivity index (χ4v) is 2.60. The third-order valence-corrected chi connectivity index (χ3v) is 2.61. The van der Waals surface area contributed by atoms with Gasteiger partial charge in [0.1, 0.15) is 0 Å². The first-order valence-corrected chi connectivity index (χ1v) is 5.66. The van der Waals surface area contributed by atoms with Crippen LogP contribution in [0.1, 0.15) is 67.7 Å². The first-order chi connectivity index (χ1) is 5.66. The summed E-state index contributed by atoms with van der Waals surface area (Å²) in [4.78, 5) is 0. The molecule has 0 aliphatic rings. The average Bonchev–Trinajstić information content (AvgIpc) is 1.80. The van der Waals surface area contributed by atoms with Gasteiger partial charge in [-0.25, -0.2) is 0 Å². The SMILES string of the molecule is CCC(C)CC(C)(C)CC(C)(C)C. The summed E-state index contributed by atoms with van der Waals surface area (Å²) < 4.78 is 0. The maximum absolute atomic E-state index is 2.41. The molecule has 1 unspecified atom stereocenters. The van der Waals surface area contributed by atoms with Crippen molar-refractivity contribution in [1.82, 2.24) is 0 Å². The van der Waals surface area contributed by atoms with Gasteiger partial charge < -0.3 is 0 Å². The first-order valence-electron chi connectivity index (χ1n) is 5.66. The fraction of sp³-hybridized carbons (Fsp3) is 1.00. The van der Waals surface area contributed by atoms with E-state index in [0.29, 0.717) is 10.8 Å². The smallest absolute Gasteiger partial charge is 0.0347 e. The Kier molecular flexibility index (Phi) is 4.48. The van der Waals surface area contributed by atoms with Crippen LogP contribution in [0.5, 0.6) is 0 Å². The lowest BCUT2D eigenvalue weighted by atomic mass is 9.72. The first kappa shape index (κ1) is 13.0. The molecule has 0 spiro atoms. The van der Waals surface area contributed by atoms with Crippen LogP contribution in [0.25, 0.3) is 0 Å². The number of rotatable bonds is 4. The zero-order chi connectivity index (χ0) is 10.7. The normalized spacial score (nSPS) is 15.9. The molecule has 0 nitrogen and oxygen atoms in total. The van der Waals surface area contributed by atoms with Gasteiger partial charge in [-0.2, -0.15) is 0 Å². The Morgan fingerprint density at radius 1 is 1.00 bits per heavy atom. The Balaban J connectivity index is 4.08. The number of hydrogen-bond acceptors (Lipinski definition) is 0. The minimum absolute atomic E-state index is 0.469. The molecule has 0 aromatic carbocycles. The third-order valence-electron chi connectivity index (χ3n) is 2.61. The van der Waals surface area contributed by atoms with E-state index in [1.54, 1.807) is 0 Å². The van der Waals surface area contributed by atoms with Crippen molar-refractivity contribution in [3.63, 3.8) is 0 Å². The molecule has 0 aliphatic heterocycles. The highest BCUT2D eigenvalue weighted by Crippen LogP contribution is 2.38. The lowest BCUT2D eigenvalue weighted by Gasteiger charge is -2.34. The average molecular weight is 184 g/mol. The molecule has 1 atom stereocenters. The topological polar surface area (TPSA) is 0 Å². The van der Waals surface area contributed by atoms with Crippen molar-refractivity contribution in [1.29, 1.82) is 0 Å². The highest BCUT2D eigenvalue weighted by molar-refractivity contribution is 4.77. The van der Waals surface area contributed by atoms with Crippen molar-refractivity contribution < 1.29 is 0 Å². The number of hydrogen-bond donors (Lipinski definition) is 0. The molecular weight excluding hydrogens is 156 g/mol. The molecule has 0 aromatic heterocycles. The highest BCUT2D eigenvalue weighted by atomic mass is 14.3. The van der Waals surface area contributed by atoms with Gasteiger partial charge in [0.25, 0.3) is 0 Å². The van der Waals surface area contributed by atoms with Gasteiger partial charge in [-0.15, -0.1) is 0 Å². The van der Waals surface area contributed by atoms with Crippen molar-refractivity contribution in [2.75, 3.05) is 0 Å².